The second-order valence-corrected chi connectivity index (χ2v) is 16.6. The van der Waals surface area contributed by atoms with Crippen molar-refractivity contribution < 1.29 is 29.0 Å². The number of carbonyl (C=O) groups excluding carboxylic acids is 3. The van der Waals surface area contributed by atoms with Crippen molar-refractivity contribution in [3.05, 3.63) is 58.2 Å². The highest BCUT2D eigenvalue weighted by Gasteiger charge is 2.49. The number of ether oxygens (including phenoxy) is 2. The van der Waals surface area contributed by atoms with Gasteiger partial charge in [0.15, 0.2) is 0 Å². The molecule has 1 saturated heterocycles. The van der Waals surface area contributed by atoms with E-state index in [-0.39, 0.29) is 55.3 Å². The zero-order valence-corrected chi connectivity index (χ0v) is 32.2. The number of nitrogens with one attached hydrogen (secondary N) is 2. The summed E-state index contributed by atoms with van der Waals surface area (Å²) in [6.07, 6.45) is 3.39. The highest BCUT2D eigenvalue weighted by atomic mass is 32.1. The van der Waals surface area contributed by atoms with E-state index in [1.807, 2.05) is 30.5 Å². The van der Waals surface area contributed by atoms with E-state index in [1.54, 1.807) is 13.3 Å². The van der Waals surface area contributed by atoms with Gasteiger partial charge in [-0.05, 0) is 67.9 Å². The topological polar surface area (TPSA) is 148 Å². The lowest BCUT2D eigenvalue weighted by molar-refractivity contribution is -0.155. The van der Waals surface area contributed by atoms with Crippen LogP contribution in [0, 0.1) is 23.2 Å². The number of aliphatic hydroxyl groups excluding tert-OH is 1. The minimum Gasteiger partial charge on any atom is -0.464 e. The van der Waals surface area contributed by atoms with Crippen LogP contribution in [0.5, 0.6) is 0 Å². The second kappa shape index (κ2) is 14.9. The quantitative estimate of drug-likeness (QED) is 0.221. The number of fused-ring (bicyclic) bond motifs is 6. The first kappa shape index (κ1) is 37.2. The van der Waals surface area contributed by atoms with Gasteiger partial charge in [0.25, 0.3) is 5.91 Å². The van der Waals surface area contributed by atoms with Crippen LogP contribution in [0.1, 0.15) is 69.8 Å². The minimum absolute atomic E-state index is 0.0652. The number of carbonyl (C=O) groups is 3. The number of thiazole rings is 1. The van der Waals surface area contributed by atoms with E-state index in [9.17, 15) is 19.5 Å². The third-order valence-electron chi connectivity index (χ3n) is 11.3. The van der Waals surface area contributed by atoms with Crippen LogP contribution < -0.4 is 10.7 Å². The molecule has 13 heteroatoms. The molecule has 53 heavy (non-hydrogen) atoms. The normalized spacial score (nSPS) is 25.1. The lowest BCUT2D eigenvalue weighted by Crippen LogP contribution is -2.60. The number of esters is 1. The molecular formula is C40H50N6O6S. The van der Waals surface area contributed by atoms with Gasteiger partial charge in [-0.3, -0.25) is 24.4 Å². The Morgan fingerprint density at radius 2 is 2.02 bits per heavy atom. The Bertz CT molecular complexity index is 2020. The number of methoxy groups -OCH3 is 1. The zero-order chi connectivity index (χ0) is 37.6. The Labute approximate surface area is 314 Å². The van der Waals surface area contributed by atoms with Crippen LogP contribution in [0.4, 0.5) is 0 Å². The number of hydrazine groups is 1. The van der Waals surface area contributed by atoms with Gasteiger partial charge < -0.3 is 24.5 Å². The second-order valence-electron chi connectivity index (χ2n) is 15.6. The van der Waals surface area contributed by atoms with Crippen LogP contribution in [0.3, 0.4) is 0 Å². The van der Waals surface area contributed by atoms with Crippen LogP contribution in [0.2, 0.25) is 0 Å². The molecule has 2 fully saturated rings. The van der Waals surface area contributed by atoms with Crippen molar-refractivity contribution in [1.82, 2.24) is 30.3 Å². The van der Waals surface area contributed by atoms with Gasteiger partial charge in [0.2, 0.25) is 5.91 Å². The molecule has 3 aromatic heterocycles. The van der Waals surface area contributed by atoms with Crippen LogP contribution in [0.15, 0.2) is 41.9 Å². The number of hydrogen-bond donors (Lipinski definition) is 3. The molecule has 282 valence electrons. The number of rotatable bonds is 7. The van der Waals surface area contributed by atoms with Crippen LogP contribution in [-0.4, -0.2) is 81.4 Å². The molecule has 6 atom stereocenters. The van der Waals surface area contributed by atoms with E-state index in [4.69, 9.17) is 19.4 Å². The number of cyclic esters (lactones) is 1. The number of benzene rings is 1. The van der Waals surface area contributed by atoms with Crippen molar-refractivity contribution in [1.29, 1.82) is 0 Å². The fourth-order valence-corrected chi connectivity index (χ4v) is 8.83. The van der Waals surface area contributed by atoms with Gasteiger partial charge in [0.1, 0.15) is 12.1 Å². The molecule has 2 aliphatic heterocycles. The lowest BCUT2D eigenvalue weighted by atomic mass is 9.84. The first-order valence-corrected chi connectivity index (χ1v) is 19.5. The predicted octanol–water partition coefficient (Wildman–Crippen LogP) is 5.08. The predicted molar refractivity (Wildman–Crippen MR) is 203 cm³/mol. The van der Waals surface area contributed by atoms with E-state index in [2.05, 4.69) is 55.1 Å². The maximum absolute atomic E-state index is 14.1. The fraction of sp³-hybridized carbons (Fsp3) is 0.525. The van der Waals surface area contributed by atoms with Crippen LogP contribution in [-0.2, 0) is 43.2 Å². The van der Waals surface area contributed by atoms with Crippen molar-refractivity contribution in [3.8, 4) is 22.5 Å². The SMILES string of the molecule is CO[C@@H](C)c1ncccc1-c1c2c3cc(ccc3n1CCO)-c1csc(n1)C[C@H](NC(=O)C1[C@@H](C)[C@H]1C)C(=O)N1CCC[C@H](N1)C(=O)OCC(C)(C)C2. The average Bonchev–Trinajstić information content (AvgIpc) is 3.42. The molecule has 7 rings (SSSR count). The van der Waals surface area contributed by atoms with Crippen molar-refractivity contribution in [2.45, 2.75) is 85.0 Å². The summed E-state index contributed by atoms with van der Waals surface area (Å²) in [5.74, 6) is -0.462. The Balaban J connectivity index is 1.36. The fourth-order valence-electron chi connectivity index (χ4n) is 7.98. The Hall–Kier alpha value is -4.17. The first-order chi connectivity index (χ1) is 25.4. The third kappa shape index (κ3) is 7.36. The van der Waals surface area contributed by atoms with E-state index >= 15 is 0 Å². The summed E-state index contributed by atoms with van der Waals surface area (Å²) in [7, 11) is 1.67. The molecule has 1 saturated carbocycles. The summed E-state index contributed by atoms with van der Waals surface area (Å²) in [6, 6.07) is 8.65. The lowest BCUT2D eigenvalue weighted by Gasteiger charge is -2.35. The minimum atomic E-state index is -0.853. The van der Waals surface area contributed by atoms with Gasteiger partial charge in [-0.1, -0.05) is 33.8 Å². The van der Waals surface area contributed by atoms with Gasteiger partial charge in [-0.25, -0.2) is 10.4 Å². The summed E-state index contributed by atoms with van der Waals surface area (Å²) in [4.78, 5) is 50.8. The molecule has 1 aromatic carbocycles. The molecular weight excluding hydrogens is 693 g/mol. The Morgan fingerprint density at radius 3 is 2.75 bits per heavy atom. The molecule has 3 N–H and O–H groups in total. The molecule has 0 spiro atoms. The Kier molecular flexibility index (Phi) is 10.5. The van der Waals surface area contributed by atoms with Gasteiger partial charge in [-0.15, -0.1) is 11.3 Å². The molecule has 4 aromatic rings. The molecule has 3 aliphatic rings. The number of aliphatic hydroxyl groups is 1. The molecule has 1 unspecified atom stereocenters. The van der Waals surface area contributed by atoms with Crippen molar-refractivity contribution >= 4 is 40.0 Å². The highest BCUT2D eigenvalue weighted by molar-refractivity contribution is 7.10. The van der Waals surface area contributed by atoms with Gasteiger partial charge in [0, 0.05) is 71.6 Å². The molecule has 5 heterocycles. The van der Waals surface area contributed by atoms with Crippen LogP contribution >= 0.6 is 11.3 Å². The summed E-state index contributed by atoms with van der Waals surface area (Å²) >= 11 is 1.46. The van der Waals surface area contributed by atoms with Gasteiger partial charge in [-0.2, -0.15) is 0 Å². The molecule has 6 bridgehead atoms. The van der Waals surface area contributed by atoms with E-state index in [0.717, 1.165) is 49.7 Å². The van der Waals surface area contributed by atoms with E-state index in [1.165, 1.54) is 16.3 Å². The molecule has 0 radical (unpaired) electrons. The summed E-state index contributed by atoms with van der Waals surface area (Å²) in [6.45, 7) is 11.1. The molecule has 2 amide bonds. The third-order valence-corrected chi connectivity index (χ3v) is 12.2. The Morgan fingerprint density at radius 1 is 1.23 bits per heavy atom. The van der Waals surface area contributed by atoms with E-state index in [0.29, 0.717) is 32.4 Å². The standard InChI is InChI=1S/C40H50N6O6S/c1-22-23(2)34(22)37(48)43-30-18-33-42-31(20-53-33)25-11-12-32-27(17-25)28(36(45(32)15-16-47)26-9-7-13-41-35(26)24(3)51-6)19-40(4,5)21-52-39(50)29-10-8-14-46(44-29)38(30)49/h7,9,11-13,17,20,22-24,29-30,34,44,47H,8,10,14-16,18-19,21H2,1-6H3,(H,43,48)/t22-,23+,24-,29-,30-,34?/m0/s1. The monoisotopic (exact) mass is 742 g/mol. The molecule has 1 aliphatic carbocycles. The maximum Gasteiger partial charge on any atom is 0.324 e. The number of amides is 2. The summed E-state index contributed by atoms with van der Waals surface area (Å²) in [5.41, 5.74) is 8.94. The number of pyridine rings is 1. The van der Waals surface area contributed by atoms with Crippen molar-refractivity contribution in [2.24, 2.45) is 23.2 Å². The highest BCUT2D eigenvalue weighted by Crippen LogP contribution is 2.46. The molecule has 12 nitrogen and oxygen atoms in total. The van der Waals surface area contributed by atoms with Gasteiger partial charge in [0.05, 0.1) is 41.4 Å². The number of nitrogens with zero attached hydrogens (tertiary/aromatic N) is 4. The number of hydrogen-bond acceptors (Lipinski definition) is 10. The smallest absolute Gasteiger partial charge is 0.324 e. The van der Waals surface area contributed by atoms with Gasteiger partial charge >= 0.3 is 5.97 Å². The number of aromatic nitrogens is 3. The van der Waals surface area contributed by atoms with Crippen molar-refractivity contribution in [2.75, 3.05) is 26.9 Å². The van der Waals surface area contributed by atoms with Crippen LogP contribution in [0.25, 0.3) is 33.4 Å². The summed E-state index contributed by atoms with van der Waals surface area (Å²) < 4.78 is 13.9. The summed E-state index contributed by atoms with van der Waals surface area (Å²) in [5, 5.41) is 18.6. The first-order valence-electron chi connectivity index (χ1n) is 18.6. The van der Waals surface area contributed by atoms with E-state index < -0.39 is 23.5 Å². The van der Waals surface area contributed by atoms with Crippen molar-refractivity contribution in [3.63, 3.8) is 0 Å². The zero-order valence-electron chi connectivity index (χ0n) is 31.3. The maximum atomic E-state index is 14.1. The average molecular weight is 743 g/mol. The largest absolute Gasteiger partial charge is 0.464 e.